The summed E-state index contributed by atoms with van der Waals surface area (Å²) in [7, 11) is 3.01. The summed E-state index contributed by atoms with van der Waals surface area (Å²) in [5.74, 6) is -0.241. The number of hydroxylamine groups is 2. The van der Waals surface area contributed by atoms with E-state index in [1.54, 1.807) is 7.11 Å². The highest BCUT2D eigenvalue weighted by molar-refractivity contribution is 6.30. The molecule has 1 atom stereocenters. The average molecular weight is 397 g/mol. The molecule has 1 heterocycles. The zero-order valence-corrected chi connectivity index (χ0v) is 17.3. The van der Waals surface area contributed by atoms with Gasteiger partial charge < -0.3 is 14.9 Å². The predicted octanol–water partition coefficient (Wildman–Crippen LogP) is 2.82. The molecule has 1 N–H and O–H groups in total. The van der Waals surface area contributed by atoms with Crippen LogP contribution in [-0.2, 0) is 25.6 Å². The quantitative estimate of drug-likeness (QED) is 0.718. The number of nitrogens with zero attached hydrogens (tertiary/aromatic N) is 1. The van der Waals surface area contributed by atoms with E-state index in [0.717, 1.165) is 42.6 Å². The van der Waals surface area contributed by atoms with Crippen molar-refractivity contribution in [2.45, 2.75) is 45.6 Å². The van der Waals surface area contributed by atoms with E-state index >= 15 is 0 Å². The first-order valence-corrected chi connectivity index (χ1v) is 9.63. The first-order chi connectivity index (χ1) is 12.8. The number of ether oxygens (including phenoxy) is 1. The fourth-order valence-electron chi connectivity index (χ4n) is 3.64. The Morgan fingerprint density at radius 2 is 1.81 bits per heavy atom. The number of nitrogens with one attached hydrogen (secondary N) is 1. The standard InChI is InChI=1S/C20H29ClN2O4/c1-13-9-16(21)10-14(2)17(13)12-19(24)22-18(20(25)26-3)11-15-5-7-23(27-4)8-6-15/h9-10,15,18H,5-8,11-12H2,1-4H3,(H,22,24). The van der Waals surface area contributed by atoms with E-state index in [1.807, 2.05) is 31.0 Å². The van der Waals surface area contributed by atoms with Crippen LogP contribution in [0.15, 0.2) is 12.1 Å². The maximum Gasteiger partial charge on any atom is 0.328 e. The normalized spacial score (nSPS) is 16.8. The predicted molar refractivity (Wildman–Crippen MR) is 104 cm³/mol. The second kappa shape index (κ2) is 10.1. The Bertz CT molecular complexity index is 649. The first kappa shape index (κ1) is 21.7. The lowest BCUT2D eigenvalue weighted by Gasteiger charge is -2.31. The number of carbonyl (C=O) groups excluding carboxylic acids is 2. The molecule has 0 saturated carbocycles. The Hall–Kier alpha value is -1.63. The summed E-state index contributed by atoms with van der Waals surface area (Å²) < 4.78 is 4.90. The van der Waals surface area contributed by atoms with E-state index in [1.165, 1.54) is 7.11 Å². The second-order valence-electron chi connectivity index (χ2n) is 7.13. The molecule has 1 aliphatic rings. The van der Waals surface area contributed by atoms with Crippen LogP contribution in [0.3, 0.4) is 0 Å². The van der Waals surface area contributed by atoms with Crippen molar-refractivity contribution in [2.24, 2.45) is 5.92 Å². The third kappa shape index (κ3) is 6.19. The van der Waals surface area contributed by atoms with Gasteiger partial charge >= 0.3 is 5.97 Å². The van der Waals surface area contributed by atoms with Crippen LogP contribution in [-0.4, -0.2) is 50.3 Å². The molecule has 0 aliphatic carbocycles. The minimum absolute atomic E-state index is 0.187. The van der Waals surface area contributed by atoms with Gasteiger partial charge in [-0.1, -0.05) is 11.6 Å². The zero-order valence-electron chi connectivity index (χ0n) is 16.5. The van der Waals surface area contributed by atoms with Gasteiger partial charge in [0.25, 0.3) is 0 Å². The van der Waals surface area contributed by atoms with Gasteiger partial charge in [0.05, 0.1) is 20.6 Å². The molecule has 1 fully saturated rings. The molecule has 2 rings (SSSR count). The molecule has 150 valence electrons. The van der Waals surface area contributed by atoms with Crippen molar-refractivity contribution in [2.75, 3.05) is 27.3 Å². The van der Waals surface area contributed by atoms with Gasteiger partial charge in [0.2, 0.25) is 5.91 Å². The number of halogens is 1. The van der Waals surface area contributed by atoms with Crippen molar-refractivity contribution in [1.82, 2.24) is 10.4 Å². The van der Waals surface area contributed by atoms with Crippen molar-refractivity contribution in [3.05, 3.63) is 33.8 Å². The second-order valence-corrected chi connectivity index (χ2v) is 7.57. The summed E-state index contributed by atoms with van der Waals surface area (Å²) in [6, 6.07) is 3.06. The van der Waals surface area contributed by atoms with Gasteiger partial charge in [0.1, 0.15) is 6.04 Å². The number of esters is 1. The number of carbonyl (C=O) groups is 2. The highest BCUT2D eigenvalue weighted by Crippen LogP contribution is 2.23. The van der Waals surface area contributed by atoms with Crippen molar-refractivity contribution in [3.8, 4) is 0 Å². The summed E-state index contributed by atoms with van der Waals surface area (Å²) in [4.78, 5) is 30.0. The smallest absolute Gasteiger partial charge is 0.328 e. The van der Waals surface area contributed by atoms with E-state index < -0.39 is 12.0 Å². The van der Waals surface area contributed by atoms with E-state index in [0.29, 0.717) is 17.4 Å². The summed E-state index contributed by atoms with van der Waals surface area (Å²) >= 11 is 6.06. The fourth-order valence-corrected chi connectivity index (χ4v) is 3.97. The molecule has 1 aliphatic heterocycles. The molecule has 1 amide bonds. The molecule has 0 bridgehead atoms. The van der Waals surface area contributed by atoms with Gasteiger partial charge in [-0.2, -0.15) is 5.06 Å². The minimum Gasteiger partial charge on any atom is -0.467 e. The van der Waals surface area contributed by atoms with E-state index in [9.17, 15) is 9.59 Å². The third-order valence-corrected chi connectivity index (χ3v) is 5.44. The summed E-state index contributed by atoms with van der Waals surface area (Å²) in [6.07, 6.45) is 2.64. The van der Waals surface area contributed by atoms with Gasteiger partial charge in [-0.15, -0.1) is 0 Å². The van der Waals surface area contributed by atoms with Crippen LogP contribution in [0.2, 0.25) is 5.02 Å². The Morgan fingerprint density at radius 1 is 1.22 bits per heavy atom. The van der Waals surface area contributed by atoms with Crippen molar-refractivity contribution in [3.63, 3.8) is 0 Å². The number of piperidine rings is 1. The molecule has 0 spiro atoms. The number of amides is 1. The van der Waals surface area contributed by atoms with Crippen molar-refractivity contribution < 1.29 is 19.2 Å². The summed E-state index contributed by atoms with van der Waals surface area (Å²) in [5, 5.41) is 5.43. The van der Waals surface area contributed by atoms with Gasteiger partial charge in [0, 0.05) is 18.1 Å². The molecule has 1 unspecified atom stereocenters. The molecule has 6 nitrogen and oxygen atoms in total. The van der Waals surface area contributed by atoms with Crippen LogP contribution in [0.5, 0.6) is 0 Å². The van der Waals surface area contributed by atoms with Crippen molar-refractivity contribution in [1.29, 1.82) is 0 Å². The Labute approximate surface area is 166 Å². The highest BCUT2D eigenvalue weighted by Gasteiger charge is 2.28. The fraction of sp³-hybridized carbons (Fsp3) is 0.600. The number of aryl methyl sites for hydroxylation is 2. The molecule has 1 aromatic carbocycles. The van der Waals surface area contributed by atoms with Gasteiger partial charge in [-0.05, 0) is 67.9 Å². The van der Waals surface area contributed by atoms with Gasteiger partial charge in [0.15, 0.2) is 0 Å². The third-order valence-electron chi connectivity index (χ3n) is 5.22. The molecule has 7 heteroatoms. The SMILES string of the molecule is COC(=O)C(CC1CCN(OC)CC1)NC(=O)Cc1c(C)cc(Cl)cc1C. The largest absolute Gasteiger partial charge is 0.467 e. The lowest BCUT2D eigenvalue weighted by atomic mass is 9.90. The van der Waals surface area contributed by atoms with Crippen LogP contribution in [0.1, 0.15) is 36.0 Å². The first-order valence-electron chi connectivity index (χ1n) is 9.26. The maximum absolute atomic E-state index is 12.6. The Kier molecular flexibility index (Phi) is 8.07. The van der Waals surface area contributed by atoms with Crippen LogP contribution >= 0.6 is 11.6 Å². The van der Waals surface area contributed by atoms with Gasteiger partial charge in [-0.3, -0.25) is 4.79 Å². The topological polar surface area (TPSA) is 67.9 Å². The van der Waals surface area contributed by atoms with Gasteiger partial charge in [-0.25, -0.2) is 4.79 Å². The summed E-state index contributed by atoms with van der Waals surface area (Å²) in [6.45, 7) is 5.52. The lowest BCUT2D eigenvalue weighted by molar-refractivity contribution is -0.152. The van der Waals surface area contributed by atoms with Crippen molar-refractivity contribution >= 4 is 23.5 Å². The Balaban J connectivity index is 1.99. The summed E-state index contributed by atoms with van der Waals surface area (Å²) in [5.41, 5.74) is 2.88. The van der Waals surface area contributed by atoms with E-state index in [4.69, 9.17) is 21.2 Å². The molecular formula is C20H29ClN2O4. The molecule has 1 aromatic rings. The number of methoxy groups -OCH3 is 1. The molecule has 27 heavy (non-hydrogen) atoms. The van der Waals surface area contributed by atoms with Crippen LogP contribution < -0.4 is 5.32 Å². The molecule has 0 aromatic heterocycles. The van der Waals surface area contributed by atoms with E-state index in [-0.39, 0.29) is 12.3 Å². The lowest BCUT2D eigenvalue weighted by Crippen LogP contribution is -2.45. The van der Waals surface area contributed by atoms with E-state index in [2.05, 4.69) is 5.32 Å². The Morgan fingerprint density at radius 3 is 2.33 bits per heavy atom. The molecule has 1 saturated heterocycles. The average Bonchev–Trinajstić information content (AvgIpc) is 2.64. The molecule has 0 radical (unpaired) electrons. The number of rotatable bonds is 7. The number of hydrogen-bond donors (Lipinski definition) is 1. The zero-order chi connectivity index (χ0) is 20.0. The highest BCUT2D eigenvalue weighted by atomic mass is 35.5. The van der Waals surface area contributed by atoms with Crippen LogP contribution in [0.25, 0.3) is 0 Å². The van der Waals surface area contributed by atoms with Crippen LogP contribution in [0.4, 0.5) is 0 Å². The molecular weight excluding hydrogens is 368 g/mol. The minimum atomic E-state index is -0.630. The number of hydrogen-bond acceptors (Lipinski definition) is 5. The monoisotopic (exact) mass is 396 g/mol. The van der Waals surface area contributed by atoms with Crippen LogP contribution in [0, 0.1) is 19.8 Å². The maximum atomic E-state index is 12.6. The number of benzene rings is 1.